The standard InChI is InChI=1S/C25H32N4O.HI/c1-26-25(29-17-14-23(19-29)21-8-4-2-5-9-21)27-18-20-10-12-22(13-11-20)24(30)28-15-6-3-7-16-28;/h2,4-5,8-13,23H,3,6-7,14-19H2,1H3,(H,26,27);1H. The van der Waals surface area contributed by atoms with Crippen LogP contribution in [-0.2, 0) is 6.54 Å². The summed E-state index contributed by atoms with van der Waals surface area (Å²) in [6.07, 6.45) is 4.62. The van der Waals surface area contributed by atoms with E-state index in [1.807, 2.05) is 36.2 Å². The van der Waals surface area contributed by atoms with Gasteiger partial charge in [-0.2, -0.15) is 0 Å². The van der Waals surface area contributed by atoms with Gasteiger partial charge in [-0.1, -0.05) is 42.5 Å². The first kappa shape index (κ1) is 23.6. The zero-order valence-corrected chi connectivity index (χ0v) is 20.6. The van der Waals surface area contributed by atoms with Crippen LogP contribution in [-0.4, -0.2) is 54.9 Å². The number of carbonyl (C=O) groups is 1. The van der Waals surface area contributed by atoms with Crippen molar-refractivity contribution < 1.29 is 4.79 Å². The summed E-state index contributed by atoms with van der Waals surface area (Å²) in [5.74, 6) is 1.67. The van der Waals surface area contributed by atoms with Crippen LogP contribution in [0.3, 0.4) is 0 Å². The van der Waals surface area contributed by atoms with Crippen molar-refractivity contribution in [1.82, 2.24) is 15.1 Å². The van der Waals surface area contributed by atoms with Gasteiger partial charge in [-0.3, -0.25) is 9.79 Å². The molecule has 31 heavy (non-hydrogen) atoms. The van der Waals surface area contributed by atoms with E-state index >= 15 is 0 Å². The van der Waals surface area contributed by atoms with Gasteiger partial charge in [-0.15, -0.1) is 24.0 Å². The van der Waals surface area contributed by atoms with E-state index in [4.69, 9.17) is 0 Å². The first-order valence-electron chi connectivity index (χ1n) is 11.1. The minimum absolute atomic E-state index is 0. The highest BCUT2D eigenvalue weighted by Gasteiger charge is 2.25. The second kappa shape index (κ2) is 11.5. The molecule has 2 aromatic rings. The largest absolute Gasteiger partial charge is 0.352 e. The Balaban J connectivity index is 0.00000272. The summed E-state index contributed by atoms with van der Waals surface area (Å²) < 4.78 is 0. The Morgan fingerprint density at radius 1 is 0.968 bits per heavy atom. The molecule has 1 amide bonds. The molecule has 0 saturated carbocycles. The molecule has 0 aliphatic carbocycles. The summed E-state index contributed by atoms with van der Waals surface area (Å²) in [7, 11) is 1.85. The van der Waals surface area contributed by atoms with Gasteiger partial charge in [0.25, 0.3) is 5.91 Å². The fourth-order valence-corrected chi connectivity index (χ4v) is 4.51. The van der Waals surface area contributed by atoms with Crippen LogP contribution in [0.5, 0.6) is 0 Å². The molecule has 2 saturated heterocycles. The number of piperidine rings is 1. The summed E-state index contributed by atoms with van der Waals surface area (Å²) in [5.41, 5.74) is 3.35. The van der Waals surface area contributed by atoms with Gasteiger partial charge in [0.2, 0.25) is 0 Å². The molecule has 2 heterocycles. The minimum atomic E-state index is 0. The Labute approximate surface area is 202 Å². The number of hydrogen-bond acceptors (Lipinski definition) is 2. The van der Waals surface area contributed by atoms with E-state index in [-0.39, 0.29) is 29.9 Å². The molecule has 166 valence electrons. The van der Waals surface area contributed by atoms with Crippen LogP contribution in [0.2, 0.25) is 0 Å². The van der Waals surface area contributed by atoms with Gasteiger partial charge in [-0.25, -0.2) is 0 Å². The number of guanidine groups is 1. The van der Waals surface area contributed by atoms with Crippen LogP contribution in [0.1, 0.15) is 53.1 Å². The zero-order chi connectivity index (χ0) is 20.8. The molecule has 0 radical (unpaired) electrons. The number of likely N-dealkylation sites (tertiary alicyclic amines) is 2. The van der Waals surface area contributed by atoms with Crippen molar-refractivity contribution >= 4 is 35.8 Å². The van der Waals surface area contributed by atoms with E-state index in [0.717, 1.165) is 62.5 Å². The highest BCUT2D eigenvalue weighted by molar-refractivity contribution is 14.0. The lowest BCUT2D eigenvalue weighted by Gasteiger charge is -2.26. The first-order chi connectivity index (χ1) is 14.7. The first-order valence-corrected chi connectivity index (χ1v) is 11.1. The lowest BCUT2D eigenvalue weighted by atomic mass is 9.99. The monoisotopic (exact) mass is 532 g/mol. The van der Waals surface area contributed by atoms with Crippen molar-refractivity contribution in [1.29, 1.82) is 0 Å². The molecule has 0 aromatic heterocycles. The average molecular weight is 532 g/mol. The van der Waals surface area contributed by atoms with Crippen molar-refractivity contribution in [2.75, 3.05) is 33.2 Å². The van der Waals surface area contributed by atoms with Crippen molar-refractivity contribution in [2.24, 2.45) is 4.99 Å². The molecule has 1 atom stereocenters. The molecule has 2 fully saturated rings. The number of nitrogens with one attached hydrogen (secondary N) is 1. The normalized spacial score (nSPS) is 19.1. The average Bonchev–Trinajstić information content (AvgIpc) is 3.31. The number of hydrogen-bond donors (Lipinski definition) is 1. The quantitative estimate of drug-likeness (QED) is 0.359. The van der Waals surface area contributed by atoms with E-state index in [1.165, 1.54) is 12.0 Å². The third-order valence-corrected chi connectivity index (χ3v) is 6.27. The molecular formula is C25H33IN4O. The van der Waals surface area contributed by atoms with Crippen LogP contribution >= 0.6 is 24.0 Å². The van der Waals surface area contributed by atoms with Crippen LogP contribution in [0, 0.1) is 0 Å². The maximum Gasteiger partial charge on any atom is 0.253 e. The number of aliphatic imine (C=N–C) groups is 1. The third kappa shape index (κ3) is 5.99. The summed E-state index contributed by atoms with van der Waals surface area (Å²) in [4.78, 5) is 21.4. The second-order valence-electron chi connectivity index (χ2n) is 8.29. The molecule has 2 aromatic carbocycles. The molecule has 5 nitrogen and oxygen atoms in total. The van der Waals surface area contributed by atoms with Crippen LogP contribution < -0.4 is 5.32 Å². The summed E-state index contributed by atoms with van der Waals surface area (Å²) in [5, 5.41) is 3.49. The van der Waals surface area contributed by atoms with E-state index in [9.17, 15) is 4.79 Å². The summed E-state index contributed by atoms with van der Waals surface area (Å²) >= 11 is 0. The Morgan fingerprint density at radius 3 is 2.35 bits per heavy atom. The highest BCUT2D eigenvalue weighted by Crippen LogP contribution is 2.26. The SMILES string of the molecule is CN=C(NCc1ccc(C(=O)N2CCCCC2)cc1)N1CCC(c2ccccc2)C1.I. The van der Waals surface area contributed by atoms with Gasteiger partial charge in [0.05, 0.1) is 0 Å². The van der Waals surface area contributed by atoms with Crippen LogP contribution in [0.15, 0.2) is 59.6 Å². The highest BCUT2D eigenvalue weighted by atomic mass is 127. The second-order valence-corrected chi connectivity index (χ2v) is 8.29. The van der Waals surface area contributed by atoms with Gasteiger partial charge >= 0.3 is 0 Å². The number of rotatable bonds is 4. The zero-order valence-electron chi connectivity index (χ0n) is 18.3. The topological polar surface area (TPSA) is 47.9 Å². The maximum absolute atomic E-state index is 12.6. The lowest BCUT2D eigenvalue weighted by Crippen LogP contribution is -2.39. The summed E-state index contributed by atoms with van der Waals surface area (Å²) in [6, 6.07) is 18.8. The van der Waals surface area contributed by atoms with Crippen molar-refractivity contribution in [2.45, 2.75) is 38.1 Å². The summed E-state index contributed by atoms with van der Waals surface area (Å²) in [6.45, 7) is 4.49. The van der Waals surface area contributed by atoms with Gasteiger partial charge in [-0.05, 0) is 48.9 Å². The van der Waals surface area contributed by atoms with Gasteiger partial charge in [0.15, 0.2) is 5.96 Å². The number of nitrogens with zero attached hydrogens (tertiary/aromatic N) is 3. The molecule has 1 N–H and O–H groups in total. The fourth-order valence-electron chi connectivity index (χ4n) is 4.51. The van der Waals surface area contributed by atoms with E-state index in [1.54, 1.807) is 0 Å². The van der Waals surface area contributed by atoms with Crippen molar-refractivity contribution in [3.63, 3.8) is 0 Å². The van der Waals surface area contributed by atoms with Crippen LogP contribution in [0.4, 0.5) is 0 Å². The van der Waals surface area contributed by atoms with Gasteiger partial charge < -0.3 is 15.1 Å². The number of carbonyl (C=O) groups excluding carboxylic acids is 1. The fraction of sp³-hybridized carbons (Fsp3) is 0.440. The molecule has 1 unspecified atom stereocenters. The smallest absolute Gasteiger partial charge is 0.253 e. The van der Waals surface area contributed by atoms with Crippen molar-refractivity contribution in [3.8, 4) is 0 Å². The van der Waals surface area contributed by atoms with Crippen LogP contribution in [0.25, 0.3) is 0 Å². The number of halogens is 1. The molecular weight excluding hydrogens is 499 g/mol. The molecule has 0 bridgehead atoms. The third-order valence-electron chi connectivity index (χ3n) is 6.27. The Hall–Kier alpha value is -2.09. The molecule has 0 spiro atoms. The molecule has 4 rings (SSSR count). The van der Waals surface area contributed by atoms with E-state index in [2.05, 4.69) is 45.5 Å². The number of benzene rings is 2. The minimum Gasteiger partial charge on any atom is -0.352 e. The van der Waals surface area contributed by atoms with Gasteiger partial charge in [0, 0.05) is 51.3 Å². The Kier molecular flexibility index (Phi) is 8.75. The molecule has 6 heteroatoms. The number of amides is 1. The van der Waals surface area contributed by atoms with E-state index in [0.29, 0.717) is 12.5 Å². The predicted molar refractivity (Wildman–Crippen MR) is 137 cm³/mol. The Bertz CT molecular complexity index is 863. The predicted octanol–water partition coefficient (Wildman–Crippen LogP) is 4.50. The molecule has 2 aliphatic rings. The van der Waals surface area contributed by atoms with Gasteiger partial charge in [0.1, 0.15) is 0 Å². The molecule has 2 aliphatic heterocycles. The van der Waals surface area contributed by atoms with E-state index < -0.39 is 0 Å². The van der Waals surface area contributed by atoms with Crippen molar-refractivity contribution in [3.05, 3.63) is 71.3 Å². The lowest BCUT2D eigenvalue weighted by molar-refractivity contribution is 0.0724. The maximum atomic E-state index is 12.6. The Morgan fingerprint density at radius 2 is 1.68 bits per heavy atom.